The van der Waals surface area contributed by atoms with E-state index in [1.807, 2.05) is 13.8 Å². The van der Waals surface area contributed by atoms with Gasteiger partial charge < -0.3 is 5.32 Å². The van der Waals surface area contributed by atoms with Gasteiger partial charge in [-0.25, -0.2) is 13.1 Å². The fraction of sp³-hybridized carbons (Fsp3) is 0.600. The molecule has 0 unspecified atom stereocenters. The van der Waals surface area contributed by atoms with Crippen LogP contribution in [-0.4, -0.2) is 27.5 Å². The van der Waals surface area contributed by atoms with Crippen molar-refractivity contribution in [1.82, 2.24) is 10.0 Å². The Labute approximate surface area is 124 Å². The maximum atomic E-state index is 11.9. The van der Waals surface area contributed by atoms with Crippen molar-refractivity contribution < 1.29 is 8.42 Å². The molecule has 0 amide bonds. The SMILES string of the molecule is CCN[C@H](C)CNS(=O)(=O)c1cc(C)c(Cl)s1.Cl. The smallest absolute Gasteiger partial charge is 0.250 e. The minimum Gasteiger partial charge on any atom is -0.313 e. The highest BCUT2D eigenvalue weighted by atomic mass is 35.5. The third kappa shape index (κ3) is 5.03. The van der Waals surface area contributed by atoms with Gasteiger partial charge >= 0.3 is 0 Å². The molecule has 1 rings (SSSR count). The summed E-state index contributed by atoms with van der Waals surface area (Å²) in [4.78, 5) is 0. The molecule has 1 aromatic heterocycles. The molecule has 1 aromatic rings. The van der Waals surface area contributed by atoms with Crippen LogP contribution in [0.2, 0.25) is 4.34 Å². The standard InChI is InChI=1S/C10H17ClN2O2S2.ClH/c1-4-12-8(3)6-13-17(14,15)9-5-7(2)10(11)16-9;/h5,8,12-13H,4,6H2,1-3H3;1H/t8-;/m1./s1. The zero-order valence-corrected chi connectivity index (χ0v) is 13.7. The molecular weight excluding hydrogens is 315 g/mol. The lowest BCUT2D eigenvalue weighted by molar-refractivity contribution is 0.537. The summed E-state index contributed by atoms with van der Waals surface area (Å²) in [6.45, 7) is 6.88. The summed E-state index contributed by atoms with van der Waals surface area (Å²) in [5, 5.41) is 3.14. The highest BCUT2D eigenvalue weighted by molar-refractivity contribution is 7.91. The number of likely N-dealkylation sites (N-methyl/N-ethyl adjacent to an activating group) is 1. The molecule has 0 aliphatic heterocycles. The molecule has 0 aliphatic carbocycles. The first-order chi connectivity index (χ1) is 7.86. The van der Waals surface area contributed by atoms with Crippen molar-refractivity contribution >= 4 is 45.4 Å². The molecule has 106 valence electrons. The first-order valence-electron chi connectivity index (χ1n) is 5.35. The summed E-state index contributed by atoms with van der Waals surface area (Å²) in [6, 6.07) is 1.69. The monoisotopic (exact) mass is 332 g/mol. The molecule has 0 saturated carbocycles. The van der Waals surface area contributed by atoms with E-state index in [-0.39, 0.29) is 22.7 Å². The molecule has 4 nitrogen and oxygen atoms in total. The summed E-state index contributed by atoms with van der Waals surface area (Å²) in [5.74, 6) is 0. The van der Waals surface area contributed by atoms with Crippen molar-refractivity contribution in [3.05, 3.63) is 16.0 Å². The van der Waals surface area contributed by atoms with Gasteiger partial charge in [0.25, 0.3) is 0 Å². The first-order valence-corrected chi connectivity index (χ1v) is 8.03. The van der Waals surface area contributed by atoms with Crippen LogP contribution in [-0.2, 0) is 10.0 Å². The van der Waals surface area contributed by atoms with Crippen LogP contribution in [0.25, 0.3) is 0 Å². The fourth-order valence-corrected chi connectivity index (χ4v) is 4.17. The van der Waals surface area contributed by atoms with Crippen LogP contribution in [0.3, 0.4) is 0 Å². The van der Waals surface area contributed by atoms with Crippen molar-refractivity contribution in [1.29, 1.82) is 0 Å². The Hall–Kier alpha value is 0.150. The second-order valence-corrected chi connectivity index (χ2v) is 7.48. The third-order valence-corrected chi connectivity index (χ3v) is 5.68. The molecule has 0 radical (unpaired) electrons. The van der Waals surface area contributed by atoms with Crippen LogP contribution >= 0.6 is 35.3 Å². The van der Waals surface area contributed by atoms with E-state index in [1.54, 1.807) is 13.0 Å². The molecule has 0 aromatic carbocycles. The van der Waals surface area contributed by atoms with Crippen LogP contribution < -0.4 is 10.0 Å². The molecule has 0 spiro atoms. The van der Waals surface area contributed by atoms with Crippen LogP contribution in [0, 0.1) is 6.92 Å². The van der Waals surface area contributed by atoms with E-state index in [0.717, 1.165) is 23.4 Å². The van der Waals surface area contributed by atoms with Gasteiger partial charge in [-0.1, -0.05) is 18.5 Å². The number of rotatable bonds is 6. The third-order valence-electron chi connectivity index (χ3n) is 2.23. The summed E-state index contributed by atoms with van der Waals surface area (Å²) in [5.41, 5.74) is 0.789. The number of halogens is 2. The predicted octanol–water partition coefficient (Wildman–Crippen LogP) is 2.41. The van der Waals surface area contributed by atoms with E-state index in [2.05, 4.69) is 10.0 Å². The molecule has 0 aliphatic rings. The second-order valence-electron chi connectivity index (χ2n) is 3.83. The Morgan fingerprint density at radius 2 is 2.11 bits per heavy atom. The highest BCUT2D eigenvalue weighted by Crippen LogP contribution is 2.29. The van der Waals surface area contributed by atoms with Crippen molar-refractivity contribution in [2.75, 3.05) is 13.1 Å². The maximum Gasteiger partial charge on any atom is 0.250 e. The zero-order valence-electron chi connectivity index (χ0n) is 10.5. The minimum atomic E-state index is -3.43. The van der Waals surface area contributed by atoms with Gasteiger partial charge in [-0.05, 0) is 32.0 Å². The lowest BCUT2D eigenvalue weighted by Gasteiger charge is -2.12. The van der Waals surface area contributed by atoms with Crippen molar-refractivity contribution in [2.24, 2.45) is 0 Å². The van der Waals surface area contributed by atoms with Crippen molar-refractivity contribution in [3.8, 4) is 0 Å². The lowest BCUT2D eigenvalue weighted by Crippen LogP contribution is -2.38. The van der Waals surface area contributed by atoms with E-state index in [0.29, 0.717) is 10.9 Å². The van der Waals surface area contributed by atoms with Gasteiger partial charge in [-0.2, -0.15) is 0 Å². The topological polar surface area (TPSA) is 58.2 Å². The molecule has 0 fully saturated rings. The van der Waals surface area contributed by atoms with Gasteiger partial charge in [-0.15, -0.1) is 23.7 Å². The quantitative estimate of drug-likeness (QED) is 0.840. The van der Waals surface area contributed by atoms with E-state index in [9.17, 15) is 8.42 Å². The summed E-state index contributed by atoms with van der Waals surface area (Å²) in [7, 11) is -3.43. The zero-order chi connectivity index (χ0) is 13.1. The average molecular weight is 333 g/mol. The number of aryl methyl sites for hydroxylation is 1. The highest BCUT2D eigenvalue weighted by Gasteiger charge is 2.18. The first kappa shape index (κ1) is 18.1. The molecule has 8 heteroatoms. The molecule has 18 heavy (non-hydrogen) atoms. The van der Waals surface area contributed by atoms with E-state index >= 15 is 0 Å². The van der Waals surface area contributed by atoms with Gasteiger partial charge in [-0.3, -0.25) is 0 Å². The summed E-state index contributed by atoms with van der Waals surface area (Å²) in [6.07, 6.45) is 0. The Balaban J connectivity index is 0.00000289. The van der Waals surface area contributed by atoms with Crippen molar-refractivity contribution in [2.45, 2.75) is 31.0 Å². The second kappa shape index (κ2) is 7.67. The number of thiophene rings is 1. The number of nitrogens with one attached hydrogen (secondary N) is 2. The number of hydrogen-bond donors (Lipinski definition) is 2. The molecule has 0 saturated heterocycles. The molecule has 2 N–H and O–H groups in total. The largest absolute Gasteiger partial charge is 0.313 e. The van der Waals surface area contributed by atoms with E-state index in [4.69, 9.17) is 11.6 Å². The molecule has 1 atom stereocenters. The summed E-state index contributed by atoms with van der Waals surface area (Å²) < 4.78 is 27.2. The van der Waals surface area contributed by atoms with E-state index in [1.165, 1.54) is 0 Å². The van der Waals surface area contributed by atoms with Gasteiger partial charge in [0, 0.05) is 12.6 Å². The molecular formula is C10H18Cl2N2O2S2. The lowest BCUT2D eigenvalue weighted by atomic mass is 10.3. The minimum absolute atomic E-state index is 0. The summed E-state index contributed by atoms with van der Waals surface area (Å²) >= 11 is 6.94. The Morgan fingerprint density at radius 3 is 2.56 bits per heavy atom. The van der Waals surface area contributed by atoms with Gasteiger partial charge in [0.05, 0.1) is 4.34 Å². The normalized spacial score (nSPS) is 13.1. The van der Waals surface area contributed by atoms with Crippen LogP contribution in [0.1, 0.15) is 19.4 Å². The Morgan fingerprint density at radius 1 is 1.50 bits per heavy atom. The van der Waals surface area contributed by atoms with Crippen molar-refractivity contribution in [3.63, 3.8) is 0 Å². The van der Waals surface area contributed by atoms with Gasteiger partial charge in [0.1, 0.15) is 4.21 Å². The number of hydrogen-bond acceptors (Lipinski definition) is 4. The van der Waals surface area contributed by atoms with E-state index < -0.39 is 10.0 Å². The van der Waals surface area contributed by atoms with Gasteiger partial charge in [0.2, 0.25) is 10.0 Å². The average Bonchev–Trinajstić information content (AvgIpc) is 2.58. The Bertz CT molecular complexity index is 455. The maximum absolute atomic E-state index is 11.9. The predicted molar refractivity (Wildman–Crippen MR) is 79.6 cm³/mol. The molecule has 0 bridgehead atoms. The van der Waals surface area contributed by atoms with Crippen LogP contribution in [0.15, 0.2) is 10.3 Å². The molecule has 1 heterocycles. The number of sulfonamides is 1. The van der Waals surface area contributed by atoms with Gasteiger partial charge in [0.15, 0.2) is 0 Å². The van der Waals surface area contributed by atoms with Crippen LogP contribution in [0.4, 0.5) is 0 Å². The van der Waals surface area contributed by atoms with Crippen LogP contribution in [0.5, 0.6) is 0 Å². The fourth-order valence-electron chi connectivity index (χ4n) is 1.29. The Kier molecular flexibility index (Phi) is 7.73.